The number of hydrogen-bond acceptors (Lipinski definition) is 3. The van der Waals surface area contributed by atoms with Gasteiger partial charge in [-0.25, -0.2) is 4.39 Å². The van der Waals surface area contributed by atoms with Crippen molar-refractivity contribution in [1.29, 1.82) is 0 Å². The molecule has 4 rings (SSSR count). The Labute approximate surface area is 147 Å². The molecule has 2 aromatic rings. The van der Waals surface area contributed by atoms with E-state index >= 15 is 0 Å². The van der Waals surface area contributed by atoms with Gasteiger partial charge < -0.3 is 9.80 Å². The molecule has 2 aromatic carbocycles. The van der Waals surface area contributed by atoms with E-state index in [4.69, 9.17) is 0 Å². The van der Waals surface area contributed by atoms with Crippen LogP contribution in [0.25, 0.3) is 0 Å². The number of rotatable bonds is 2. The SMILES string of the molecule is O=C(c1ccccc1F)N1CCC2(CC1)CNCN2c1ccccc1. The van der Waals surface area contributed by atoms with Crippen LogP contribution in [0, 0.1) is 5.82 Å². The minimum atomic E-state index is -0.443. The molecule has 2 fully saturated rings. The van der Waals surface area contributed by atoms with Crippen molar-refractivity contribution in [1.82, 2.24) is 10.2 Å². The Morgan fingerprint density at radius 1 is 1.00 bits per heavy atom. The molecular weight excluding hydrogens is 317 g/mol. The molecule has 0 radical (unpaired) electrons. The molecule has 2 heterocycles. The van der Waals surface area contributed by atoms with Gasteiger partial charge in [0.25, 0.3) is 5.91 Å². The highest BCUT2D eigenvalue weighted by atomic mass is 19.1. The number of benzene rings is 2. The van der Waals surface area contributed by atoms with Crippen LogP contribution in [0.1, 0.15) is 23.2 Å². The van der Waals surface area contributed by atoms with Crippen LogP contribution >= 0.6 is 0 Å². The van der Waals surface area contributed by atoms with E-state index in [0.29, 0.717) is 13.1 Å². The maximum Gasteiger partial charge on any atom is 0.256 e. The zero-order valence-electron chi connectivity index (χ0n) is 14.1. The number of amides is 1. The highest BCUT2D eigenvalue weighted by Crippen LogP contribution is 2.35. The fourth-order valence-electron chi connectivity index (χ4n) is 4.01. The average Bonchev–Trinajstić information content (AvgIpc) is 3.06. The highest BCUT2D eigenvalue weighted by Gasteiger charge is 2.44. The molecule has 2 aliphatic heterocycles. The molecule has 0 atom stereocenters. The van der Waals surface area contributed by atoms with Gasteiger partial charge in [-0.05, 0) is 37.1 Å². The molecule has 0 aliphatic carbocycles. The van der Waals surface area contributed by atoms with Crippen molar-refractivity contribution in [3.63, 3.8) is 0 Å². The van der Waals surface area contributed by atoms with E-state index in [2.05, 4.69) is 34.5 Å². The van der Waals surface area contributed by atoms with Crippen LogP contribution in [0.4, 0.5) is 10.1 Å². The van der Waals surface area contributed by atoms with Crippen molar-refractivity contribution in [3.8, 4) is 0 Å². The summed E-state index contributed by atoms with van der Waals surface area (Å²) in [6.07, 6.45) is 1.77. The van der Waals surface area contributed by atoms with Gasteiger partial charge in [-0.2, -0.15) is 0 Å². The van der Waals surface area contributed by atoms with Gasteiger partial charge in [0.15, 0.2) is 0 Å². The zero-order valence-corrected chi connectivity index (χ0v) is 14.1. The second-order valence-electron chi connectivity index (χ2n) is 6.84. The van der Waals surface area contributed by atoms with E-state index in [1.165, 1.54) is 11.8 Å². The minimum Gasteiger partial charge on any atom is -0.352 e. The molecule has 4 nitrogen and oxygen atoms in total. The summed E-state index contributed by atoms with van der Waals surface area (Å²) in [6, 6.07) is 16.6. The quantitative estimate of drug-likeness (QED) is 0.914. The second kappa shape index (κ2) is 6.48. The molecule has 130 valence electrons. The van der Waals surface area contributed by atoms with Crippen molar-refractivity contribution in [2.75, 3.05) is 31.2 Å². The molecule has 25 heavy (non-hydrogen) atoms. The maximum absolute atomic E-state index is 13.9. The van der Waals surface area contributed by atoms with Crippen LogP contribution in [0.5, 0.6) is 0 Å². The number of nitrogens with one attached hydrogen (secondary N) is 1. The lowest BCUT2D eigenvalue weighted by Gasteiger charge is -2.45. The third-order valence-electron chi connectivity index (χ3n) is 5.45. The number of para-hydroxylation sites is 1. The number of carbonyl (C=O) groups excluding carboxylic acids is 1. The number of anilines is 1. The van der Waals surface area contributed by atoms with E-state index in [9.17, 15) is 9.18 Å². The first-order valence-electron chi connectivity index (χ1n) is 8.77. The Kier molecular flexibility index (Phi) is 4.17. The molecule has 0 aromatic heterocycles. The number of hydrogen-bond donors (Lipinski definition) is 1. The Morgan fingerprint density at radius 3 is 2.40 bits per heavy atom. The van der Waals surface area contributed by atoms with Crippen LogP contribution in [-0.4, -0.2) is 42.6 Å². The Bertz CT molecular complexity index is 757. The summed E-state index contributed by atoms with van der Waals surface area (Å²) in [4.78, 5) is 16.8. The molecule has 0 bridgehead atoms. The van der Waals surface area contributed by atoms with Gasteiger partial charge in [0.05, 0.1) is 17.8 Å². The first kappa shape index (κ1) is 16.1. The number of halogens is 1. The molecule has 2 aliphatic rings. The summed E-state index contributed by atoms with van der Waals surface area (Å²) in [5, 5.41) is 3.48. The zero-order chi connectivity index (χ0) is 17.3. The molecule has 1 spiro atoms. The second-order valence-corrected chi connectivity index (χ2v) is 6.84. The Morgan fingerprint density at radius 2 is 1.68 bits per heavy atom. The number of carbonyl (C=O) groups is 1. The van der Waals surface area contributed by atoms with Crippen molar-refractivity contribution in [2.24, 2.45) is 0 Å². The molecule has 5 heteroatoms. The van der Waals surface area contributed by atoms with Gasteiger partial charge in [-0.15, -0.1) is 0 Å². The van der Waals surface area contributed by atoms with Gasteiger partial charge in [0.1, 0.15) is 5.82 Å². The lowest BCUT2D eigenvalue weighted by molar-refractivity contribution is 0.0674. The highest BCUT2D eigenvalue weighted by molar-refractivity contribution is 5.94. The Balaban J connectivity index is 1.49. The standard InChI is InChI=1S/C20H22FN3O/c21-18-9-5-4-8-17(18)19(25)23-12-10-20(11-13-23)14-22-15-24(20)16-6-2-1-3-7-16/h1-9,22H,10-15H2. The van der Waals surface area contributed by atoms with Gasteiger partial charge >= 0.3 is 0 Å². The third-order valence-corrected chi connectivity index (χ3v) is 5.45. The fraction of sp³-hybridized carbons (Fsp3) is 0.350. The van der Waals surface area contributed by atoms with Gasteiger partial charge in [-0.1, -0.05) is 30.3 Å². The molecule has 0 saturated carbocycles. The summed E-state index contributed by atoms with van der Waals surface area (Å²) >= 11 is 0. The molecule has 1 amide bonds. The van der Waals surface area contributed by atoms with Crippen LogP contribution in [0.2, 0.25) is 0 Å². The van der Waals surface area contributed by atoms with Gasteiger partial charge in [0.2, 0.25) is 0 Å². The third kappa shape index (κ3) is 2.89. The van der Waals surface area contributed by atoms with Crippen LogP contribution < -0.4 is 10.2 Å². The Hall–Kier alpha value is -2.40. The number of piperidine rings is 1. The summed E-state index contributed by atoms with van der Waals surface area (Å²) in [7, 11) is 0. The molecule has 1 N–H and O–H groups in total. The lowest BCUT2D eigenvalue weighted by Crippen LogP contribution is -2.55. The summed E-state index contributed by atoms with van der Waals surface area (Å²) in [5.74, 6) is -0.647. The average molecular weight is 339 g/mol. The predicted octanol–water partition coefficient (Wildman–Crippen LogP) is 2.87. The minimum absolute atomic E-state index is 0.0351. The van der Waals surface area contributed by atoms with E-state index in [-0.39, 0.29) is 17.0 Å². The van der Waals surface area contributed by atoms with Gasteiger partial charge in [-0.3, -0.25) is 10.1 Å². The summed E-state index contributed by atoms with van der Waals surface area (Å²) in [5.41, 5.74) is 1.41. The van der Waals surface area contributed by atoms with E-state index in [0.717, 1.165) is 26.1 Å². The van der Waals surface area contributed by atoms with E-state index in [1.807, 2.05) is 6.07 Å². The molecular formula is C20H22FN3O. The smallest absolute Gasteiger partial charge is 0.256 e. The van der Waals surface area contributed by atoms with Crippen LogP contribution in [0.3, 0.4) is 0 Å². The fourth-order valence-corrected chi connectivity index (χ4v) is 4.01. The summed E-state index contributed by atoms with van der Waals surface area (Å²) in [6.45, 7) is 3.05. The largest absolute Gasteiger partial charge is 0.352 e. The molecule has 2 saturated heterocycles. The van der Waals surface area contributed by atoms with Crippen molar-refractivity contribution < 1.29 is 9.18 Å². The predicted molar refractivity (Wildman–Crippen MR) is 96.1 cm³/mol. The summed E-state index contributed by atoms with van der Waals surface area (Å²) < 4.78 is 13.9. The first-order valence-corrected chi connectivity index (χ1v) is 8.77. The van der Waals surface area contributed by atoms with Crippen LogP contribution in [0.15, 0.2) is 54.6 Å². The van der Waals surface area contributed by atoms with Crippen molar-refractivity contribution in [2.45, 2.75) is 18.4 Å². The monoisotopic (exact) mass is 339 g/mol. The number of nitrogens with zero attached hydrogens (tertiary/aromatic N) is 2. The topological polar surface area (TPSA) is 35.6 Å². The van der Waals surface area contributed by atoms with Crippen LogP contribution in [-0.2, 0) is 0 Å². The maximum atomic E-state index is 13.9. The number of likely N-dealkylation sites (tertiary alicyclic amines) is 1. The first-order chi connectivity index (χ1) is 12.2. The molecule has 0 unspecified atom stereocenters. The van der Waals surface area contributed by atoms with Gasteiger partial charge in [0, 0.05) is 25.3 Å². The van der Waals surface area contributed by atoms with E-state index in [1.54, 1.807) is 23.1 Å². The van der Waals surface area contributed by atoms with Crippen molar-refractivity contribution in [3.05, 3.63) is 66.0 Å². The normalized spacial score (nSPS) is 19.4. The van der Waals surface area contributed by atoms with Crippen molar-refractivity contribution >= 4 is 11.6 Å². The lowest BCUT2D eigenvalue weighted by atomic mass is 9.86. The van der Waals surface area contributed by atoms with E-state index < -0.39 is 5.82 Å².